The predicted molar refractivity (Wildman–Crippen MR) is 119 cm³/mol. The maximum Gasteiger partial charge on any atom is 0.0541 e. The zero-order valence-corrected chi connectivity index (χ0v) is 16.2. The summed E-state index contributed by atoms with van der Waals surface area (Å²) in [5, 5.41) is 2.58. The van der Waals surface area contributed by atoms with Crippen LogP contribution in [0.3, 0.4) is 0 Å². The predicted octanol–water partition coefficient (Wildman–Crippen LogP) is 7.06. The topological polar surface area (TPSA) is 4.93 Å². The van der Waals surface area contributed by atoms with Gasteiger partial charge in [-0.2, -0.15) is 0 Å². The van der Waals surface area contributed by atoms with Crippen molar-refractivity contribution >= 4 is 44.4 Å². The minimum absolute atomic E-state index is 1.22. The summed E-state index contributed by atoms with van der Waals surface area (Å²) < 4.78 is 3.65. The number of fused-ring (bicyclic) bond motifs is 3. The minimum Gasteiger partial charge on any atom is -0.309 e. The van der Waals surface area contributed by atoms with Crippen LogP contribution in [-0.2, 0) is 0 Å². The first kappa shape index (κ1) is 15.6. The summed E-state index contributed by atoms with van der Waals surface area (Å²) in [6.45, 7) is 0. The maximum atomic E-state index is 2.43. The second kappa shape index (κ2) is 6.29. The van der Waals surface area contributed by atoms with Gasteiger partial charge in [0.15, 0.2) is 0 Å². The molecule has 0 saturated heterocycles. The van der Waals surface area contributed by atoms with Crippen molar-refractivity contribution in [2.45, 2.75) is 0 Å². The Morgan fingerprint density at radius 2 is 1.00 bits per heavy atom. The van der Waals surface area contributed by atoms with E-state index < -0.39 is 0 Å². The molecule has 0 N–H and O–H groups in total. The first-order valence-corrected chi connectivity index (χ1v) is 9.75. The van der Waals surface area contributed by atoms with Gasteiger partial charge in [0.1, 0.15) is 0 Å². The lowest BCUT2D eigenvalue weighted by atomic mass is 10.0. The summed E-state index contributed by atoms with van der Waals surface area (Å²) in [5.41, 5.74) is 6.22. The minimum atomic E-state index is 1.22. The van der Waals surface area contributed by atoms with Crippen molar-refractivity contribution in [2.75, 3.05) is 0 Å². The molecule has 5 rings (SSSR count). The lowest BCUT2D eigenvalue weighted by molar-refractivity contribution is 1.18. The van der Waals surface area contributed by atoms with Crippen molar-refractivity contribution in [1.82, 2.24) is 4.57 Å². The Kier molecular flexibility index (Phi) is 3.79. The normalized spacial score (nSPS) is 11.3. The van der Waals surface area contributed by atoms with Gasteiger partial charge in [0.05, 0.1) is 16.7 Å². The highest BCUT2D eigenvalue weighted by Crippen LogP contribution is 2.36. The zero-order chi connectivity index (χ0) is 17.5. The first-order chi connectivity index (χ1) is 12.8. The summed E-state index contributed by atoms with van der Waals surface area (Å²) in [5.74, 6) is 0. The highest BCUT2D eigenvalue weighted by molar-refractivity contribution is 14.1. The Morgan fingerprint density at radius 3 is 1.65 bits per heavy atom. The molecule has 0 fully saturated rings. The zero-order valence-electron chi connectivity index (χ0n) is 14.1. The largest absolute Gasteiger partial charge is 0.309 e. The monoisotopic (exact) mass is 445 g/mol. The standard InChI is InChI=1S/C24H16IN/c25-21-13-5-1-9-17(21)18-10-2-6-14-22(18)26-23-15-7-3-11-19(23)20-12-4-8-16-24(20)26/h1-16H. The smallest absolute Gasteiger partial charge is 0.0541 e. The van der Waals surface area contributed by atoms with Gasteiger partial charge in [-0.05, 0) is 52.4 Å². The van der Waals surface area contributed by atoms with Crippen LogP contribution in [0.4, 0.5) is 0 Å². The van der Waals surface area contributed by atoms with E-state index in [-0.39, 0.29) is 0 Å². The molecule has 5 aromatic rings. The highest BCUT2D eigenvalue weighted by Gasteiger charge is 2.15. The molecule has 0 spiro atoms. The Labute approximate surface area is 166 Å². The molecule has 2 heteroatoms. The van der Waals surface area contributed by atoms with Crippen molar-refractivity contribution in [2.24, 2.45) is 0 Å². The molecule has 124 valence electrons. The molecule has 0 aliphatic carbocycles. The lowest BCUT2D eigenvalue weighted by Crippen LogP contribution is -1.97. The summed E-state index contributed by atoms with van der Waals surface area (Å²) in [4.78, 5) is 0. The molecule has 0 unspecified atom stereocenters. The molecule has 1 heterocycles. The van der Waals surface area contributed by atoms with Gasteiger partial charge in [0.2, 0.25) is 0 Å². The molecule has 0 saturated carbocycles. The third kappa shape index (κ3) is 2.36. The van der Waals surface area contributed by atoms with E-state index in [1.807, 2.05) is 0 Å². The Balaban J connectivity index is 1.92. The molecule has 26 heavy (non-hydrogen) atoms. The fourth-order valence-electron chi connectivity index (χ4n) is 3.76. The second-order valence-electron chi connectivity index (χ2n) is 6.37. The maximum absolute atomic E-state index is 2.43. The molecule has 0 aliphatic rings. The number of hydrogen-bond donors (Lipinski definition) is 0. The number of para-hydroxylation sites is 3. The van der Waals surface area contributed by atoms with E-state index in [4.69, 9.17) is 0 Å². The van der Waals surface area contributed by atoms with Gasteiger partial charge in [0.25, 0.3) is 0 Å². The van der Waals surface area contributed by atoms with Crippen LogP contribution >= 0.6 is 22.6 Å². The third-order valence-corrected chi connectivity index (χ3v) is 5.83. The van der Waals surface area contributed by atoms with E-state index in [2.05, 4.69) is 124 Å². The fraction of sp³-hybridized carbons (Fsp3) is 0. The molecule has 0 aliphatic heterocycles. The molecule has 0 atom stereocenters. The molecule has 0 amide bonds. The summed E-state index contributed by atoms with van der Waals surface area (Å²) in [6.07, 6.45) is 0. The number of nitrogens with zero attached hydrogens (tertiary/aromatic N) is 1. The van der Waals surface area contributed by atoms with Crippen molar-refractivity contribution in [3.63, 3.8) is 0 Å². The van der Waals surface area contributed by atoms with E-state index in [1.165, 1.54) is 42.2 Å². The SMILES string of the molecule is Ic1ccccc1-c1ccccc1-n1c2ccccc2c2ccccc21. The summed E-state index contributed by atoms with van der Waals surface area (Å²) >= 11 is 2.43. The van der Waals surface area contributed by atoms with Gasteiger partial charge in [-0.25, -0.2) is 0 Å². The summed E-state index contributed by atoms with van der Waals surface area (Å²) in [6, 6.07) is 34.6. The first-order valence-electron chi connectivity index (χ1n) is 8.67. The van der Waals surface area contributed by atoms with E-state index in [0.717, 1.165) is 0 Å². The van der Waals surface area contributed by atoms with Crippen LogP contribution in [0.15, 0.2) is 97.1 Å². The molecule has 1 nitrogen and oxygen atoms in total. The average molecular weight is 445 g/mol. The van der Waals surface area contributed by atoms with Gasteiger partial charge < -0.3 is 4.57 Å². The highest BCUT2D eigenvalue weighted by atomic mass is 127. The quantitative estimate of drug-likeness (QED) is 0.257. The van der Waals surface area contributed by atoms with Crippen molar-refractivity contribution < 1.29 is 0 Å². The number of rotatable bonds is 2. The Morgan fingerprint density at radius 1 is 0.500 bits per heavy atom. The lowest BCUT2D eigenvalue weighted by Gasteiger charge is -2.15. The Bertz CT molecular complexity index is 1200. The summed E-state index contributed by atoms with van der Waals surface area (Å²) in [7, 11) is 0. The molecule has 0 radical (unpaired) electrons. The molecular weight excluding hydrogens is 429 g/mol. The van der Waals surface area contributed by atoms with E-state index in [0.29, 0.717) is 0 Å². The molecule has 4 aromatic carbocycles. The van der Waals surface area contributed by atoms with E-state index >= 15 is 0 Å². The Hall–Kier alpha value is -2.59. The number of benzene rings is 4. The molecular formula is C24H16IN. The van der Waals surface area contributed by atoms with Crippen molar-refractivity contribution in [3.05, 3.63) is 101 Å². The van der Waals surface area contributed by atoms with Crippen LogP contribution in [0.1, 0.15) is 0 Å². The van der Waals surface area contributed by atoms with Crippen LogP contribution in [-0.4, -0.2) is 4.57 Å². The van der Waals surface area contributed by atoms with Crippen LogP contribution in [0.25, 0.3) is 38.6 Å². The van der Waals surface area contributed by atoms with E-state index in [9.17, 15) is 0 Å². The number of halogens is 1. The van der Waals surface area contributed by atoms with Crippen LogP contribution in [0, 0.1) is 3.57 Å². The average Bonchev–Trinajstić information content (AvgIpc) is 3.03. The van der Waals surface area contributed by atoms with Crippen LogP contribution in [0.2, 0.25) is 0 Å². The van der Waals surface area contributed by atoms with Crippen molar-refractivity contribution in [3.8, 4) is 16.8 Å². The molecule has 1 aromatic heterocycles. The van der Waals surface area contributed by atoms with Gasteiger partial charge in [-0.1, -0.05) is 72.8 Å². The van der Waals surface area contributed by atoms with Crippen molar-refractivity contribution in [1.29, 1.82) is 0 Å². The van der Waals surface area contributed by atoms with E-state index in [1.54, 1.807) is 0 Å². The third-order valence-electron chi connectivity index (χ3n) is 4.89. The van der Waals surface area contributed by atoms with Crippen LogP contribution < -0.4 is 0 Å². The van der Waals surface area contributed by atoms with Gasteiger partial charge in [-0.15, -0.1) is 0 Å². The van der Waals surface area contributed by atoms with Crippen LogP contribution in [0.5, 0.6) is 0 Å². The fourth-order valence-corrected chi connectivity index (χ4v) is 4.44. The van der Waals surface area contributed by atoms with Gasteiger partial charge in [-0.3, -0.25) is 0 Å². The molecule has 0 bridgehead atoms. The number of aromatic nitrogens is 1. The second-order valence-corrected chi connectivity index (χ2v) is 7.53. The number of hydrogen-bond acceptors (Lipinski definition) is 0. The van der Waals surface area contributed by atoms with Gasteiger partial charge in [0, 0.05) is 19.9 Å². The van der Waals surface area contributed by atoms with Gasteiger partial charge >= 0.3 is 0 Å².